The van der Waals surface area contributed by atoms with Crippen LogP contribution in [0.3, 0.4) is 0 Å². The SMILES string of the molecule is C=C1CN2CCC3(CC3)C2(C)C1. The van der Waals surface area contributed by atoms with E-state index in [1.165, 1.54) is 44.3 Å². The van der Waals surface area contributed by atoms with E-state index in [1.807, 2.05) is 0 Å². The molecule has 0 aromatic carbocycles. The summed E-state index contributed by atoms with van der Waals surface area (Å²) in [5.74, 6) is 0. The predicted molar refractivity (Wildman–Crippen MR) is 50.0 cm³/mol. The van der Waals surface area contributed by atoms with Gasteiger partial charge in [-0.3, -0.25) is 4.90 Å². The number of hydrogen-bond acceptors (Lipinski definition) is 1. The van der Waals surface area contributed by atoms with Crippen molar-refractivity contribution in [1.29, 1.82) is 0 Å². The summed E-state index contributed by atoms with van der Waals surface area (Å²) < 4.78 is 0. The van der Waals surface area contributed by atoms with Crippen molar-refractivity contribution in [2.24, 2.45) is 5.41 Å². The first-order valence-corrected chi connectivity index (χ1v) is 5.08. The fourth-order valence-corrected chi connectivity index (χ4v) is 3.51. The molecule has 0 radical (unpaired) electrons. The van der Waals surface area contributed by atoms with Crippen LogP contribution in [0.4, 0.5) is 0 Å². The van der Waals surface area contributed by atoms with Crippen molar-refractivity contribution in [3.8, 4) is 0 Å². The Balaban J connectivity index is 2.01. The smallest absolute Gasteiger partial charge is 0.0278 e. The van der Waals surface area contributed by atoms with Gasteiger partial charge in [-0.1, -0.05) is 12.2 Å². The average molecular weight is 163 g/mol. The normalized spacial score (nSPS) is 43.9. The van der Waals surface area contributed by atoms with Crippen LogP contribution in [0, 0.1) is 5.41 Å². The molecule has 1 atom stereocenters. The Bertz CT molecular complexity index is 252. The Morgan fingerprint density at radius 2 is 2.08 bits per heavy atom. The highest BCUT2D eigenvalue weighted by atomic mass is 15.3. The summed E-state index contributed by atoms with van der Waals surface area (Å²) in [6, 6.07) is 0. The minimum absolute atomic E-state index is 0.518. The van der Waals surface area contributed by atoms with Gasteiger partial charge in [-0.2, -0.15) is 0 Å². The van der Waals surface area contributed by atoms with Crippen molar-refractivity contribution in [1.82, 2.24) is 4.90 Å². The molecule has 2 aliphatic heterocycles. The van der Waals surface area contributed by atoms with Gasteiger partial charge in [0.2, 0.25) is 0 Å². The highest BCUT2D eigenvalue weighted by molar-refractivity contribution is 5.26. The minimum atomic E-state index is 0.518. The quantitative estimate of drug-likeness (QED) is 0.495. The van der Waals surface area contributed by atoms with Crippen molar-refractivity contribution in [3.63, 3.8) is 0 Å². The largest absolute Gasteiger partial charge is 0.293 e. The number of rotatable bonds is 0. The standard InChI is InChI=1S/C11H17N/c1-9-7-10(2)11(3-4-11)5-6-12(10)8-9/h1,3-8H2,2H3. The molecule has 1 aliphatic carbocycles. The molecule has 12 heavy (non-hydrogen) atoms. The van der Waals surface area contributed by atoms with Crippen LogP contribution in [-0.2, 0) is 0 Å². The lowest BCUT2D eigenvalue weighted by molar-refractivity contribution is 0.159. The Morgan fingerprint density at radius 3 is 2.75 bits per heavy atom. The monoisotopic (exact) mass is 163 g/mol. The van der Waals surface area contributed by atoms with Crippen LogP contribution in [0.2, 0.25) is 0 Å². The zero-order valence-electron chi connectivity index (χ0n) is 7.90. The molecule has 0 amide bonds. The topological polar surface area (TPSA) is 3.24 Å². The second-order valence-electron chi connectivity index (χ2n) is 5.15. The molecule has 2 saturated heterocycles. The molecule has 1 heteroatoms. The van der Waals surface area contributed by atoms with E-state index in [4.69, 9.17) is 0 Å². The molecule has 2 heterocycles. The zero-order valence-corrected chi connectivity index (χ0v) is 7.90. The summed E-state index contributed by atoms with van der Waals surface area (Å²) in [6.07, 6.45) is 5.68. The lowest BCUT2D eigenvalue weighted by Gasteiger charge is -2.33. The minimum Gasteiger partial charge on any atom is -0.293 e. The Kier molecular flexibility index (Phi) is 1.07. The van der Waals surface area contributed by atoms with Gasteiger partial charge in [0.25, 0.3) is 0 Å². The molecule has 66 valence electrons. The van der Waals surface area contributed by atoms with E-state index in [0.29, 0.717) is 5.54 Å². The number of nitrogens with zero attached hydrogens (tertiary/aromatic N) is 1. The van der Waals surface area contributed by atoms with Gasteiger partial charge in [0.05, 0.1) is 0 Å². The van der Waals surface area contributed by atoms with Crippen LogP contribution in [0.1, 0.15) is 32.6 Å². The van der Waals surface area contributed by atoms with E-state index in [-0.39, 0.29) is 0 Å². The summed E-state index contributed by atoms with van der Waals surface area (Å²) >= 11 is 0. The van der Waals surface area contributed by atoms with Gasteiger partial charge in [0.15, 0.2) is 0 Å². The number of hydrogen-bond donors (Lipinski definition) is 0. The van der Waals surface area contributed by atoms with E-state index in [0.717, 1.165) is 5.41 Å². The van der Waals surface area contributed by atoms with Gasteiger partial charge in [0, 0.05) is 12.1 Å². The molecule has 3 fully saturated rings. The summed E-state index contributed by atoms with van der Waals surface area (Å²) in [4.78, 5) is 2.67. The maximum atomic E-state index is 4.13. The third-order valence-corrected chi connectivity index (χ3v) is 4.56. The Morgan fingerprint density at radius 1 is 1.33 bits per heavy atom. The number of fused-ring (bicyclic) bond motifs is 2. The Labute approximate surface area is 74.4 Å². The van der Waals surface area contributed by atoms with Crippen LogP contribution >= 0.6 is 0 Å². The van der Waals surface area contributed by atoms with Gasteiger partial charge in [0.1, 0.15) is 0 Å². The van der Waals surface area contributed by atoms with E-state index in [2.05, 4.69) is 18.4 Å². The first kappa shape index (κ1) is 7.14. The molecule has 3 aliphatic rings. The fraction of sp³-hybridized carbons (Fsp3) is 0.818. The molecule has 0 N–H and O–H groups in total. The van der Waals surface area contributed by atoms with Crippen LogP contribution < -0.4 is 0 Å². The first-order valence-electron chi connectivity index (χ1n) is 5.08. The van der Waals surface area contributed by atoms with Gasteiger partial charge < -0.3 is 0 Å². The molecule has 1 saturated carbocycles. The summed E-state index contributed by atoms with van der Waals surface area (Å²) in [5.41, 5.74) is 2.71. The van der Waals surface area contributed by atoms with Crippen molar-refractivity contribution in [3.05, 3.63) is 12.2 Å². The van der Waals surface area contributed by atoms with Crippen LogP contribution in [0.25, 0.3) is 0 Å². The van der Waals surface area contributed by atoms with Crippen LogP contribution in [0.5, 0.6) is 0 Å². The zero-order chi connectivity index (χ0) is 8.40. The van der Waals surface area contributed by atoms with Crippen molar-refractivity contribution in [2.75, 3.05) is 13.1 Å². The molecule has 3 rings (SSSR count). The molecule has 1 unspecified atom stereocenters. The van der Waals surface area contributed by atoms with Crippen LogP contribution in [-0.4, -0.2) is 23.5 Å². The maximum absolute atomic E-state index is 4.13. The summed E-state index contributed by atoms with van der Waals surface area (Å²) in [5, 5.41) is 0. The van der Waals surface area contributed by atoms with Gasteiger partial charge in [-0.15, -0.1) is 0 Å². The molecule has 1 nitrogen and oxygen atoms in total. The average Bonchev–Trinajstić information content (AvgIpc) is 2.67. The van der Waals surface area contributed by atoms with Crippen molar-refractivity contribution >= 4 is 0 Å². The van der Waals surface area contributed by atoms with E-state index >= 15 is 0 Å². The van der Waals surface area contributed by atoms with E-state index in [9.17, 15) is 0 Å². The second-order valence-corrected chi connectivity index (χ2v) is 5.15. The summed E-state index contributed by atoms with van der Waals surface area (Å²) in [7, 11) is 0. The molecular weight excluding hydrogens is 146 g/mol. The molecule has 1 spiro atoms. The first-order chi connectivity index (χ1) is 5.66. The molecule has 0 aromatic heterocycles. The molecular formula is C11H17N. The lowest BCUT2D eigenvalue weighted by atomic mass is 9.81. The molecule has 0 aromatic rings. The predicted octanol–water partition coefficient (Wildman–Crippen LogP) is 2.19. The lowest BCUT2D eigenvalue weighted by Crippen LogP contribution is -2.40. The van der Waals surface area contributed by atoms with Gasteiger partial charge in [-0.25, -0.2) is 0 Å². The van der Waals surface area contributed by atoms with E-state index < -0.39 is 0 Å². The Hall–Kier alpha value is -0.300. The molecule has 0 bridgehead atoms. The second kappa shape index (κ2) is 1.79. The maximum Gasteiger partial charge on any atom is 0.0278 e. The van der Waals surface area contributed by atoms with Gasteiger partial charge in [-0.05, 0) is 44.6 Å². The highest BCUT2D eigenvalue weighted by Crippen LogP contribution is 2.65. The fourth-order valence-electron chi connectivity index (χ4n) is 3.51. The van der Waals surface area contributed by atoms with Crippen molar-refractivity contribution < 1.29 is 0 Å². The van der Waals surface area contributed by atoms with Crippen LogP contribution in [0.15, 0.2) is 12.2 Å². The third kappa shape index (κ3) is 0.610. The van der Waals surface area contributed by atoms with E-state index in [1.54, 1.807) is 0 Å². The summed E-state index contributed by atoms with van der Waals surface area (Å²) in [6.45, 7) is 9.10. The van der Waals surface area contributed by atoms with Gasteiger partial charge >= 0.3 is 0 Å². The van der Waals surface area contributed by atoms with Crippen molar-refractivity contribution in [2.45, 2.75) is 38.1 Å². The highest BCUT2D eigenvalue weighted by Gasteiger charge is 2.64. The third-order valence-electron chi connectivity index (χ3n) is 4.56.